The first-order valence-electron chi connectivity index (χ1n) is 9.13. The van der Waals surface area contributed by atoms with E-state index in [0.29, 0.717) is 30.1 Å². The Labute approximate surface area is 179 Å². The van der Waals surface area contributed by atoms with E-state index in [2.05, 4.69) is 20.9 Å². The van der Waals surface area contributed by atoms with Gasteiger partial charge >= 0.3 is 5.97 Å². The summed E-state index contributed by atoms with van der Waals surface area (Å²) < 4.78 is 18.7. The number of aromatic nitrogens is 2. The Morgan fingerprint density at radius 2 is 2.00 bits per heavy atom. The van der Waals surface area contributed by atoms with E-state index in [1.54, 1.807) is 6.07 Å². The second kappa shape index (κ2) is 8.16. The number of benzene rings is 1. The fourth-order valence-electron chi connectivity index (χ4n) is 3.09. The van der Waals surface area contributed by atoms with Crippen molar-refractivity contribution < 1.29 is 19.0 Å². The molecule has 2 aromatic heterocycles. The maximum atomic E-state index is 12.7. The Balaban J connectivity index is 1.40. The number of carbonyl (C=O) groups excluding carboxylic acids is 1. The number of esters is 1. The molecule has 0 radical (unpaired) electrons. The third kappa shape index (κ3) is 4.02. The maximum absolute atomic E-state index is 12.7. The minimum Gasteiger partial charge on any atom is -0.486 e. The Morgan fingerprint density at radius 3 is 2.76 bits per heavy atom. The number of nitrogens with zero attached hydrogens (tertiary/aromatic N) is 2. The van der Waals surface area contributed by atoms with E-state index in [9.17, 15) is 9.59 Å². The Bertz CT molecular complexity index is 1150. The molecule has 29 heavy (non-hydrogen) atoms. The van der Waals surface area contributed by atoms with Crippen LogP contribution in [-0.4, -0.2) is 28.7 Å². The van der Waals surface area contributed by atoms with Gasteiger partial charge in [0.2, 0.25) is 0 Å². The molecule has 0 spiro atoms. The van der Waals surface area contributed by atoms with Gasteiger partial charge in [0, 0.05) is 21.5 Å². The molecule has 3 aromatic rings. The number of hydrogen-bond acceptors (Lipinski definition) is 7. The zero-order chi connectivity index (χ0) is 20.5. The molecule has 0 saturated carbocycles. The highest BCUT2D eigenvalue weighted by Crippen LogP contribution is 2.35. The highest BCUT2D eigenvalue weighted by Gasteiger charge is 2.16. The Hall–Kier alpha value is -2.39. The van der Waals surface area contributed by atoms with Crippen LogP contribution in [0.2, 0.25) is 0 Å². The molecule has 152 valence electrons. The lowest BCUT2D eigenvalue weighted by molar-refractivity contribution is -0.145. The molecule has 0 fully saturated rings. The van der Waals surface area contributed by atoms with Gasteiger partial charge in [0.15, 0.2) is 11.5 Å². The second-order valence-corrected chi connectivity index (χ2v) is 8.76. The third-order valence-electron chi connectivity index (χ3n) is 4.81. The molecule has 1 aromatic carbocycles. The van der Waals surface area contributed by atoms with Crippen molar-refractivity contribution in [1.82, 2.24) is 9.55 Å². The lowest BCUT2D eigenvalue weighted by atomic mass is 10.2. The largest absolute Gasteiger partial charge is 0.486 e. The van der Waals surface area contributed by atoms with Crippen LogP contribution in [0.1, 0.15) is 22.4 Å². The molecular weight excluding hydrogens is 460 g/mol. The van der Waals surface area contributed by atoms with Crippen molar-refractivity contribution in [3.05, 3.63) is 49.3 Å². The molecule has 0 N–H and O–H groups in total. The van der Waals surface area contributed by atoms with Crippen LogP contribution in [-0.2, 0) is 22.7 Å². The van der Waals surface area contributed by atoms with E-state index in [4.69, 9.17) is 14.2 Å². The van der Waals surface area contributed by atoms with Gasteiger partial charge in [-0.2, -0.15) is 0 Å². The van der Waals surface area contributed by atoms with Gasteiger partial charge < -0.3 is 14.2 Å². The molecule has 0 aliphatic carbocycles. The zero-order valence-corrected chi connectivity index (χ0v) is 18.4. The summed E-state index contributed by atoms with van der Waals surface area (Å²) >= 11 is 4.97. The van der Waals surface area contributed by atoms with E-state index < -0.39 is 5.97 Å². The summed E-state index contributed by atoms with van der Waals surface area (Å²) in [6, 6.07) is 3.61. The molecule has 7 nitrogen and oxygen atoms in total. The lowest BCUT2D eigenvalue weighted by Gasteiger charge is -2.19. The fourth-order valence-corrected chi connectivity index (χ4v) is 4.51. The molecule has 0 atom stereocenters. The standard InChI is InChI=1S/C20H19BrN2O5S/c1-11-12(2)29-19-18(11)20(25)23(10-22-19)4-3-17(24)28-9-13-7-15-16(8-14(13)21)27-6-5-26-15/h7-8,10H,3-6,9H2,1-2H3. The minimum atomic E-state index is -0.392. The maximum Gasteiger partial charge on any atom is 0.307 e. The fraction of sp³-hybridized carbons (Fsp3) is 0.350. The summed E-state index contributed by atoms with van der Waals surface area (Å²) in [7, 11) is 0. The Morgan fingerprint density at radius 1 is 1.28 bits per heavy atom. The first-order chi connectivity index (χ1) is 13.9. The summed E-state index contributed by atoms with van der Waals surface area (Å²) in [6.07, 6.45) is 1.57. The molecule has 0 saturated heterocycles. The number of halogens is 1. The quantitative estimate of drug-likeness (QED) is 0.519. The van der Waals surface area contributed by atoms with Gasteiger partial charge in [-0.05, 0) is 31.5 Å². The van der Waals surface area contributed by atoms with Gasteiger partial charge in [0.1, 0.15) is 24.7 Å². The summed E-state index contributed by atoms with van der Waals surface area (Å²) in [5.74, 6) is 0.911. The normalized spacial score (nSPS) is 12.9. The predicted octanol–water partition coefficient (Wildman–Crippen LogP) is 3.74. The van der Waals surface area contributed by atoms with Crippen LogP contribution in [0.3, 0.4) is 0 Å². The molecular formula is C20H19BrN2O5S. The summed E-state index contributed by atoms with van der Waals surface area (Å²) in [5.41, 5.74) is 1.61. The van der Waals surface area contributed by atoms with E-state index >= 15 is 0 Å². The van der Waals surface area contributed by atoms with E-state index in [0.717, 1.165) is 25.3 Å². The smallest absolute Gasteiger partial charge is 0.307 e. The van der Waals surface area contributed by atoms with Crippen LogP contribution in [0.15, 0.2) is 27.7 Å². The van der Waals surface area contributed by atoms with E-state index in [1.807, 2.05) is 19.9 Å². The van der Waals surface area contributed by atoms with Gasteiger partial charge in [0.25, 0.3) is 5.56 Å². The average Bonchev–Trinajstić information content (AvgIpc) is 3.00. The highest BCUT2D eigenvalue weighted by molar-refractivity contribution is 9.10. The van der Waals surface area contributed by atoms with Crippen LogP contribution >= 0.6 is 27.3 Å². The van der Waals surface area contributed by atoms with E-state index in [-0.39, 0.29) is 25.1 Å². The SMILES string of the molecule is Cc1sc2ncn(CCC(=O)OCc3cc4c(cc3Br)OCCO4)c(=O)c2c1C. The zero-order valence-electron chi connectivity index (χ0n) is 16.0. The molecule has 0 bridgehead atoms. The van der Waals surface area contributed by atoms with Crippen LogP contribution in [0.4, 0.5) is 0 Å². The second-order valence-electron chi connectivity index (χ2n) is 6.70. The van der Waals surface area contributed by atoms with Crippen LogP contribution < -0.4 is 15.0 Å². The molecule has 9 heteroatoms. The number of thiophene rings is 1. The number of aryl methyl sites for hydroxylation is 3. The number of carbonyl (C=O) groups is 1. The van der Waals surface area contributed by atoms with Gasteiger partial charge in [-0.15, -0.1) is 11.3 Å². The summed E-state index contributed by atoms with van der Waals surface area (Å²) in [4.78, 5) is 31.0. The number of rotatable bonds is 5. The molecule has 4 rings (SSSR count). The van der Waals surface area contributed by atoms with Gasteiger partial charge in [-0.3, -0.25) is 14.2 Å². The predicted molar refractivity (Wildman–Crippen MR) is 113 cm³/mol. The van der Waals surface area contributed by atoms with Crippen molar-refractivity contribution in [3.8, 4) is 11.5 Å². The van der Waals surface area contributed by atoms with Gasteiger partial charge in [-0.25, -0.2) is 4.98 Å². The molecule has 0 amide bonds. The average molecular weight is 479 g/mol. The van der Waals surface area contributed by atoms with Crippen molar-refractivity contribution in [3.63, 3.8) is 0 Å². The monoisotopic (exact) mass is 478 g/mol. The van der Waals surface area contributed by atoms with E-state index in [1.165, 1.54) is 22.2 Å². The topological polar surface area (TPSA) is 79.7 Å². The number of fused-ring (bicyclic) bond motifs is 2. The number of hydrogen-bond donors (Lipinski definition) is 0. The Kier molecular flexibility index (Phi) is 5.60. The minimum absolute atomic E-state index is 0.0808. The van der Waals surface area contributed by atoms with Crippen molar-refractivity contribution in [2.75, 3.05) is 13.2 Å². The van der Waals surface area contributed by atoms with Gasteiger partial charge in [-0.1, -0.05) is 15.9 Å². The summed E-state index contributed by atoms with van der Waals surface area (Å²) in [5, 5.41) is 0.628. The molecule has 3 heterocycles. The van der Waals surface area contributed by atoms with Crippen molar-refractivity contribution in [1.29, 1.82) is 0 Å². The molecule has 1 aliphatic heterocycles. The van der Waals surface area contributed by atoms with Gasteiger partial charge in [0.05, 0.1) is 18.1 Å². The van der Waals surface area contributed by atoms with Crippen molar-refractivity contribution in [2.24, 2.45) is 0 Å². The number of ether oxygens (including phenoxy) is 3. The van der Waals surface area contributed by atoms with Crippen molar-refractivity contribution >= 4 is 43.5 Å². The third-order valence-corrected chi connectivity index (χ3v) is 6.67. The van der Waals surface area contributed by atoms with Crippen LogP contribution in [0.5, 0.6) is 11.5 Å². The first kappa shape index (κ1) is 19.9. The highest BCUT2D eigenvalue weighted by atomic mass is 79.9. The van der Waals surface area contributed by atoms with Crippen LogP contribution in [0.25, 0.3) is 10.2 Å². The molecule has 0 unspecified atom stereocenters. The lowest BCUT2D eigenvalue weighted by Crippen LogP contribution is -2.22. The first-order valence-corrected chi connectivity index (χ1v) is 10.7. The van der Waals surface area contributed by atoms with Crippen LogP contribution in [0, 0.1) is 13.8 Å². The molecule has 1 aliphatic rings. The summed E-state index contributed by atoms with van der Waals surface area (Å²) in [6.45, 7) is 5.21. The van der Waals surface area contributed by atoms with Crippen molar-refractivity contribution in [2.45, 2.75) is 33.4 Å².